The molecule has 1 atom stereocenters. The van der Waals surface area contributed by atoms with Crippen molar-refractivity contribution < 1.29 is 4.79 Å². The van der Waals surface area contributed by atoms with Gasteiger partial charge in [-0.05, 0) is 81.1 Å². The van der Waals surface area contributed by atoms with E-state index < -0.39 is 0 Å². The molecule has 2 fully saturated rings. The topological polar surface area (TPSA) is 98.0 Å². The molecule has 2 saturated heterocycles. The van der Waals surface area contributed by atoms with E-state index in [2.05, 4.69) is 21.1 Å². The van der Waals surface area contributed by atoms with E-state index in [4.69, 9.17) is 5.26 Å². The summed E-state index contributed by atoms with van der Waals surface area (Å²) in [6.45, 7) is 5.69. The Morgan fingerprint density at radius 1 is 1.12 bits per heavy atom. The van der Waals surface area contributed by atoms with Crippen LogP contribution in [0.1, 0.15) is 47.2 Å². The molecule has 8 nitrogen and oxygen atoms in total. The maximum absolute atomic E-state index is 13.1. The Balaban J connectivity index is 1.33. The van der Waals surface area contributed by atoms with Crippen molar-refractivity contribution in [1.82, 2.24) is 24.6 Å². The Hall–Kier alpha value is -3.70. The number of nitrogens with one attached hydrogen (secondary N) is 1. The van der Waals surface area contributed by atoms with Gasteiger partial charge in [0.1, 0.15) is 0 Å². The number of hydrogen-bond acceptors (Lipinski definition) is 5. The van der Waals surface area contributed by atoms with Crippen LogP contribution in [0, 0.1) is 18.3 Å². The summed E-state index contributed by atoms with van der Waals surface area (Å²) in [5.74, 6) is 0.420. The summed E-state index contributed by atoms with van der Waals surface area (Å²) in [7, 11) is 0. The number of likely N-dealkylation sites (tertiary alicyclic amines) is 2. The van der Waals surface area contributed by atoms with Crippen LogP contribution in [0.5, 0.6) is 0 Å². The molecule has 1 amide bonds. The van der Waals surface area contributed by atoms with Crippen LogP contribution in [0.3, 0.4) is 0 Å². The van der Waals surface area contributed by atoms with Crippen LogP contribution in [0.15, 0.2) is 47.5 Å². The zero-order chi connectivity index (χ0) is 23.7. The van der Waals surface area contributed by atoms with Gasteiger partial charge in [0.25, 0.3) is 11.5 Å². The number of aromatic amines is 1. The second-order valence-corrected chi connectivity index (χ2v) is 9.16. The minimum absolute atomic E-state index is 0.00400. The van der Waals surface area contributed by atoms with Crippen molar-refractivity contribution in [3.63, 3.8) is 0 Å². The molecule has 2 aliphatic rings. The summed E-state index contributed by atoms with van der Waals surface area (Å²) in [4.78, 5) is 35.0. The number of carbonyl (C=O) groups is 1. The first-order chi connectivity index (χ1) is 16.5. The number of carbonyl (C=O) groups excluding carboxylic acids is 1. The van der Waals surface area contributed by atoms with Crippen LogP contribution in [0.2, 0.25) is 0 Å². The number of pyridine rings is 1. The predicted molar refractivity (Wildman–Crippen MR) is 129 cm³/mol. The smallest absolute Gasteiger partial charge is 0.280 e. The van der Waals surface area contributed by atoms with Crippen molar-refractivity contribution in [2.24, 2.45) is 0 Å². The van der Waals surface area contributed by atoms with Crippen molar-refractivity contribution in [1.29, 1.82) is 5.26 Å². The highest BCUT2D eigenvalue weighted by atomic mass is 16.2. The average molecular weight is 457 g/mol. The van der Waals surface area contributed by atoms with Gasteiger partial charge in [-0.25, -0.2) is 9.67 Å². The number of nitrogens with zero attached hydrogens (tertiary/aromatic N) is 5. The number of hydrogen-bond donors (Lipinski definition) is 1. The van der Waals surface area contributed by atoms with Gasteiger partial charge in [0.05, 0.1) is 22.8 Å². The van der Waals surface area contributed by atoms with E-state index in [9.17, 15) is 9.59 Å². The van der Waals surface area contributed by atoms with Gasteiger partial charge in [-0.3, -0.25) is 19.6 Å². The Morgan fingerprint density at radius 2 is 1.94 bits per heavy atom. The molecule has 0 unspecified atom stereocenters. The number of rotatable bonds is 4. The Labute approximate surface area is 198 Å². The molecule has 0 aliphatic carbocycles. The maximum Gasteiger partial charge on any atom is 0.280 e. The van der Waals surface area contributed by atoms with E-state index >= 15 is 0 Å². The second-order valence-electron chi connectivity index (χ2n) is 9.16. The van der Waals surface area contributed by atoms with Crippen molar-refractivity contribution in [2.75, 3.05) is 26.2 Å². The minimum Gasteiger partial charge on any atom is -0.337 e. The van der Waals surface area contributed by atoms with Crippen molar-refractivity contribution in [2.45, 2.75) is 38.6 Å². The molecule has 8 heteroatoms. The van der Waals surface area contributed by atoms with E-state index in [1.165, 1.54) is 17.5 Å². The third-order valence-corrected chi connectivity index (χ3v) is 6.98. The van der Waals surface area contributed by atoms with Gasteiger partial charge in [-0.15, -0.1) is 0 Å². The molecule has 2 aromatic heterocycles. The fourth-order valence-electron chi connectivity index (χ4n) is 5.14. The zero-order valence-corrected chi connectivity index (χ0v) is 19.3. The summed E-state index contributed by atoms with van der Waals surface area (Å²) in [5, 5.41) is 12.0. The summed E-state index contributed by atoms with van der Waals surface area (Å²) in [6.07, 6.45) is 7.87. The van der Waals surface area contributed by atoms with E-state index in [1.807, 2.05) is 11.8 Å². The highest BCUT2D eigenvalue weighted by Crippen LogP contribution is 2.23. The van der Waals surface area contributed by atoms with Crippen molar-refractivity contribution in [3.05, 3.63) is 69.8 Å². The number of H-pyrrole nitrogens is 1. The summed E-state index contributed by atoms with van der Waals surface area (Å²) in [6, 6.07) is 11.3. The molecular weight excluding hydrogens is 428 g/mol. The summed E-state index contributed by atoms with van der Waals surface area (Å²) in [5.41, 5.74) is 2.98. The molecule has 3 aromatic rings. The first kappa shape index (κ1) is 22.1. The lowest BCUT2D eigenvalue weighted by Crippen LogP contribution is -2.49. The number of amides is 1. The first-order valence-electron chi connectivity index (χ1n) is 11.9. The van der Waals surface area contributed by atoms with Crippen molar-refractivity contribution in [3.8, 4) is 23.0 Å². The van der Waals surface area contributed by atoms with Crippen LogP contribution in [0.25, 0.3) is 16.9 Å². The van der Waals surface area contributed by atoms with Gasteiger partial charge in [0.2, 0.25) is 0 Å². The Morgan fingerprint density at radius 3 is 2.65 bits per heavy atom. The fourth-order valence-corrected chi connectivity index (χ4v) is 5.14. The normalized spacial score (nSPS) is 18.7. The first-order valence-corrected chi connectivity index (χ1v) is 11.9. The van der Waals surface area contributed by atoms with E-state index in [0.29, 0.717) is 28.6 Å². The fraction of sp³-hybridized carbons (Fsp3) is 0.385. The van der Waals surface area contributed by atoms with Gasteiger partial charge >= 0.3 is 0 Å². The van der Waals surface area contributed by atoms with Gasteiger partial charge in [-0.1, -0.05) is 6.07 Å². The van der Waals surface area contributed by atoms with Gasteiger partial charge in [-0.2, -0.15) is 5.26 Å². The SMILES string of the molecule is Cc1cc(C#N)ccc1-c1c[nH]n(-c2ccc(C(=O)N3CCC[C@@H](N4CCCC4)C3)cn2)c1=O. The molecule has 0 bridgehead atoms. The van der Waals surface area contributed by atoms with Crippen LogP contribution in [-0.2, 0) is 0 Å². The molecular formula is C26H28N6O2. The molecule has 4 heterocycles. The third-order valence-electron chi connectivity index (χ3n) is 6.98. The lowest BCUT2D eigenvalue weighted by atomic mass is 10.0. The minimum atomic E-state index is -0.233. The van der Waals surface area contributed by atoms with Crippen LogP contribution < -0.4 is 5.56 Å². The summed E-state index contributed by atoms with van der Waals surface area (Å²) < 4.78 is 1.37. The molecule has 1 aromatic carbocycles. The van der Waals surface area contributed by atoms with E-state index in [1.54, 1.807) is 42.7 Å². The van der Waals surface area contributed by atoms with Gasteiger partial charge in [0, 0.05) is 31.5 Å². The molecule has 0 spiro atoms. The second kappa shape index (κ2) is 9.27. The third kappa shape index (κ3) is 4.15. The van der Waals surface area contributed by atoms with Crippen LogP contribution in [0.4, 0.5) is 0 Å². The van der Waals surface area contributed by atoms with Crippen LogP contribution >= 0.6 is 0 Å². The number of benzene rings is 1. The quantitative estimate of drug-likeness (QED) is 0.651. The number of aromatic nitrogens is 3. The monoisotopic (exact) mass is 456 g/mol. The Kier molecular flexibility index (Phi) is 6.03. The summed E-state index contributed by atoms with van der Waals surface area (Å²) >= 11 is 0. The standard InChI is InChI=1S/C26H28N6O2/c1-18-13-19(14-27)6-8-22(18)23-16-29-32(26(23)34)24-9-7-20(15-28-24)25(33)31-12-4-5-21(17-31)30-10-2-3-11-30/h6-9,13,15-16,21,29H,2-5,10-12,17H2,1H3/t21-/m1/s1. The molecule has 34 heavy (non-hydrogen) atoms. The lowest BCUT2D eigenvalue weighted by molar-refractivity contribution is 0.0607. The van der Waals surface area contributed by atoms with Crippen LogP contribution in [-0.4, -0.2) is 62.7 Å². The van der Waals surface area contributed by atoms with Gasteiger partial charge in [0.15, 0.2) is 5.82 Å². The number of nitriles is 1. The maximum atomic E-state index is 13.1. The molecule has 5 rings (SSSR count). The highest BCUT2D eigenvalue weighted by Gasteiger charge is 2.29. The largest absolute Gasteiger partial charge is 0.337 e. The Bertz CT molecular complexity index is 1290. The number of piperidine rings is 1. The predicted octanol–water partition coefficient (Wildman–Crippen LogP) is 3.11. The lowest BCUT2D eigenvalue weighted by Gasteiger charge is -2.37. The number of aryl methyl sites for hydroxylation is 1. The van der Waals surface area contributed by atoms with Crippen molar-refractivity contribution >= 4 is 5.91 Å². The molecule has 0 radical (unpaired) electrons. The van der Waals surface area contributed by atoms with E-state index in [0.717, 1.165) is 50.1 Å². The zero-order valence-electron chi connectivity index (χ0n) is 19.3. The van der Waals surface area contributed by atoms with Gasteiger partial charge < -0.3 is 4.90 Å². The molecule has 1 N–H and O–H groups in total. The molecule has 2 aliphatic heterocycles. The molecule has 0 saturated carbocycles. The highest BCUT2D eigenvalue weighted by molar-refractivity contribution is 5.94. The average Bonchev–Trinajstić information content (AvgIpc) is 3.54. The molecule has 174 valence electrons. The van der Waals surface area contributed by atoms with E-state index in [-0.39, 0.29) is 11.5 Å².